The Kier molecular flexibility index (Phi) is 2.83. The fourth-order valence-electron chi connectivity index (χ4n) is 3.79. The summed E-state index contributed by atoms with van der Waals surface area (Å²) < 4.78 is 1.92. The molecular formula is C17H25BN2. The van der Waals surface area contributed by atoms with Crippen LogP contribution in [-0.4, -0.2) is 16.5 Å². The third kappa shape index (κ3) is 1.99. The highest BCUT2D eigenvalue weighted by Gasteiger charge is 2.48. The second-order valence-corrected chi connectivity index (χ2v) is 7.95. The summed E-state index contributed by atoms with van der Waals surface area (Å²) in [5.74, 6) is 0. The summed E-state index contributed by atoms with van der Waals surface area (Å²) in [5.41, 5.74) is 4.78. The maximum absolute atomic E-state index is 4.55. The maximum atomic E-state index is 4.55. The Morgan fingerprint density at radius 2 is 1.70 bits per heavy atom. The molecule has 0 amide bonds. The van der Waals surface area contributed by atoms with E-state index < -0.39 is 0 Å². The van der Waals surface area contributed by atoms with E-state index in [4.69, 9.17) is 0 Å². The van der Waals surface area contributed by atoms with Gasteiger partial charge in [-0.15, -0.1) is 0 Å². The van der Waals surface area contributed by atoms with Gasteiger partial charge in [0.1, 0.15) is 0 Å². The van der Waals surface area contributed by atoms with Crippen LogP contribution in [0.3, 0.4) is 0 Å². The summed E-state index contributed by atoms with van der Waals surface area (Å²) in [4.78, 5) is 0. The lowest BCUT2D eigenvalue weighted by Gasteiger charge is -2.35. The van der Waals surface area contributed by atoms with E-state index in [0.717, 1.165) is 5.52 Å². The second kappa shape index (κ2) is 4.13. The van der Waals surface area contributed by atoms with Gasteiger partial charge in [0.25, 0.3) is 0 Å². The van der Waals surface area contributed by atoms with Crippen molar-refractivity contribution in [2.24, 2.45) is 17.9 Å². The van der Waals surface area contributed by atoms with Crippen LogP contribution in [0.15, 0.2) is 18.3 Å². The summed E-state index contributed by atoms with van der Waals surface area (Å²) >= 11 is 0. The molecule has 0 spiro atoms. The molecule has 1 aromatic heterocycles. The van der Waals surface area contributed by atoms with Crippen molar-refractivity contribution >= 4 is 23.1 Å². The Hall–Kier alpha value is -1.25. The standard InChI is InChI=1S/C17H25BN2/c1-12-7-14(8-13-9-20(6)19-15(12)13)18-10-16(2,3)17(4,5)11-18/h7-9H,10-11H2,1-6H3. The number of nitrogens with zero attached hydrogens (tertiary/aromatic N) is 2. The van der Waals surface area contributed by atoms with Crippen LogP contribution in [0.1, 0.15) is 33.3 Å². The van der Waals surface area contributed by atoms with Gasteiger partial charge in [-0.2, -0.15) is 5.10 Å². The van der Waals surface area contributed by atoms with Crippen molar-refractivity contribution in [3.63, 3.8) is 0 Å². The van der Waals surface area contributed by atoms with Crippen molar-refractivity contribution in [2.75, 3.05) is 0 Å². The van der Waals surface area contributed by atoms with Crippen molar-refractivity contribution in [3.8, 4) is 0 Å². The minimum atomic E-state index is 0.412. The quantitative estimate of drug-likeness (QED) is 0.722. The summed E-state index contributed by atoms with van der Waals surface area (Å²) in [6, 6.07) is 4.72. The zero-order valence-electron chi connectivity index (χ0n) is 13.6. The minimum absolute atomic E-state index is 0.412. The van der Waals surface area contributed by atoms with E-state index in [-0.39, 0.29) is 0 Å². The first-order valence-electron chi connectivity index (χ1n) is 7.63. The predicted molar refractivity (Wildman–Crippen MR) is 88.0 cm³/mol. The highest BCUT2D eigenvalue weighted by molar-refractivity contribution is 6.74. The van der Waals surface area contributed by atoms with Crippen LogP contribution in [-0.2, 0) is 7.05 Å². The summed E-state index contributed by atoms with van der Waals surface area (Å²) in [5, 5.41) is 5.84. The van der Waals surface area contributed by atoms with E-state index in [2.05, 4.69) is 58.0 Å². The van der Waals surface area contributed by atoms with Gasteiger partial charge in [0.05, 0.1) is 5.52 Å². The molecule has 0 unspecified atom stereocenters. The second-order valence-electron chi connectivity index (χ2n) is 7.95. The van der Waals surface area contributed by atoms with Crippen molar-refractivity contribution in [2.45, 2.75) is 47.3 Å². The molecular weight excluding hydrogens is 243 g/mol. The van der Waals surface area contributed by atoms with Crippen molar-refractivity contribution in [3.05, 3.63) is 23.9 Å². The topological polar surface area (TPSA) is 17.8 Å². The van der Waals surface area contributed by atoms with Crippen LogP contribution in [0.2, 0.25) is 12.6 Å². The zero-order chi connectivity index (χ0) is 14.7. The first-order valence-corrected chi connectivity index (χ1v) is 7.63. The van der Waals surface area contributed by atoms with Gasteiger partial charge in [-0.05, 0) is 23.3 Å². The molecule has 1 aliphatic heterocycles. The molecule has 0 radical (unpaired) electrons. The lowest BCUT2D eigenvalue weighted by Crippen LogP contribution is -2.28. The average molecular weight is 268 g/mol. The molecule has 0 saturated carbocycles. The molecule has 3 rings (SSSR count). The molecule has 1 aromatic carbocycles. The molecule has 1 fully saturated rings. The van der Waals surface area contributed by atoms with Gasteiger partial charge in [-0.3, -0.25) is 4.68 Å². The highest BCUT2D eigenvalue weighted by atomic mass is 15.2. The Morgan fingerprint density at radius 1 is 1.10 bits per heavy atom. The molecule has 2 heterocycles. The Morgan fingerprint density at radius 3 is 2.30 bits per heavy atom. The van der Waals surface area contributed by atoms with Gasteiger partial charge in [0, 0.05) is 18.6 Å². The lowest BCUT2D eigenvalue weighted by molar-refractivity contribution is 0.177. The van der Waals surface area contributed by atoms with Gasteiger partial charge in [-0.1, -0.05) is 57.9 Å². The van der Waals surface area contributed by atoms with Gasteiger partial charge in [0.2, 0.25) is 0 Å². The number of rotatable bonds is 1. The molecule has 1 aliphatic rings. The lowest BCUT2D eigenvalue weighted by atomic mass is 9.42. The van der Waals surface area contributed by atoms with E-state index in [1.54, 1.807) is 0 Å². The van der Waals surface area contributed by atoms with Crippen molar-refractivity contribution in [1.82, 2.24) is 9.78 Å². The molecule has 1 saturated heterocycles. The Labute approximate surface area is 122 Å². The van der Waals surface area contributed by atoms with Crippen LogP contribution < -0.4 is 5.46 Å². The highest BCUT2D eigenvalue weighted by Crippen LogP contribution is 2.52. The molecule has 0 atom stereocenters. The first kappa shape index (κ1) is 13.7. The molecule has 0 aliphatic carbocycles. The van der Waals surface area contributed by atoms with Crippen LogP contribution in [0, 0.1) is 17.8 Å². The molecule has 3 heteroatoms. The molecule has 0 N–H and O–H groups in total. The third-order valence-electron chi connectivity index (χ3n) is 5.75. The third-order valence-corrected chi connectivity index (χ3v) is 5.75. The van der Waals surface area contributed by atoms with Crippen LogP contribution >= 0.6 is 0 Å². The molecule has 2 aromatic rings. The number of fused-ring (bicyclic) bond motifs is 1. The number of aromatic nitrogens is 2. The first-order chi connectivity index (χ1) is 9.19. The van der Waals surface area contributed by atoms with E-state index in [1.165, 1.54) is 29.1 Å². The SMILES string of the molecule is Cc1cc(B2CC(C)(C)C(C)(C)C2)cc2cn(C)nc12. The maximum Gasteiger partial charge on any atom is 0.177 e. The molecule has 2 nitrogen and oxygen atoms in total. The fourth-order valence-corrected chi connectivity index (χ4v) is 3.79. The minimum Gasteiger partial charge on any atom is -0.275 e. The van der Waals surface area contributed by atoms with Crippen molar-refractivity contribution in [1.29, 1.82) is 0 Å². The molecule has 20 heavy (non-hydrogen) atoms. The number of aryl methyl sites for hydroxylation is 2. The van der Waals surface area contributed by atoms with Crippen molar-refractivity contribution < 1.29 is 0 Å². The summed E-state index contributed by atoms with van der Waals surface area (Å²) in [6.07, 6.45) is 4.70. The smallest absolute Gasteiger partial charge is 0.177 e. The number of hydrogen-bond acceptors (Lipinski definition) is 1. The van der Waals surface area contributed by atoms with E-state index in [1.807, 2.05) is 11.7 Å². The monoisotopic (exact) mass is 268 g/mol. The Bertz CT molecular complexity index is 651. The number of benzene rings is 1. The van der Waals surface area contributed by atoms with E-state index >= 15 is 0 Å². The molecule has 106 valence electrons. The summed E-state index contributed by atoms with van der Waals surface area (Å²) in [7, 11) is 2.00. The largest absolute Gasteiger partial charge is 0.275 e. The summed E-state index contributed by atoms with van der Waals surface area (Å²) in [6.45, 7) is 12.5. The predicted octanol–water partition coefficient (Wildman–Crippen LogP) is 3.65. The van der Waals surface area contributed by atoms with Gasteiger partial charge < -0.3 is 0 Å². The Balaban J connectivity index is 2.04. The normalized spacial score (nSPS) is 20.8. The van der Waals surface area contributed by atoms with E-state index in [0.29, 0.717) is 17.5 Å². The van der Waals surface area contributed by atoms with E-state index in [9.17, 15) is 0 Å². The average Bonchev–Trinajstić information content (AvgIpc) is 2.77. The fraction of sp³-hybridized carbons (Fsp3) is 0.588. The molecule has 0 bridgehead atoms. The van der Waals surface area contributed by atoms with Gasteiger partial charge in [-0.25, -0.2) is 0 Å². The number of hydrogen-bond donors (Lipinski definition) is 0. The zero-order valence-corrected chi connectivity index (χ0v) is 13.6. The van der Waals surface area contributed by atoms with Crippen LogP contribution in [0.4, 0.5) is 0 Å². The van der Waals surface area contributed by atoms with Crippen LogP contribution in [0.5, 0.6) is 0 Å². The van der Waals surface area contributed by atoms with Crippen LogP contribution in [0.25, 0.3) is 10.9 Å². The van der Waals surface area contributed by atoms with Gasteiger partial charge >= 0.3 is 0 Å². The van der Waals surface area contributed by atoms with Gasteiger partial charge in [0.15, 0.2) is 6.71 Å².